The second-order valence-corrected chi connectivity index (χ2v) is 9.05. The van der Waals surface area contributed by atoms with Gasteiger partial charge in [-0.2, -0.15) is 0 Å². The minimum atomic E-state index is -0.0886. The molecule has 0 aliphatic rings. The van der Waals surface area contributed by atoms with Gasteiger partial charge in [0.1, 0.15) is 6.61 Å². The van der Waals surface area contributed by atoms with Crippen molar-refractivity contribution in [2.45, 2.75) is 130 Å². The van der Waals surface area contributed by atoms with Gasteiger partial charge in [-0.3, -0.25) is 9.78 Å². The fraction of sp³-hybridized carbons (Fsp3) is 0.778. The molecule has 0 saturated carbocycles. The molecule has 0 N–H and O–H groups in total. The first kappa shape index (κ1) is 26.7. The van der Waals surface area contributed by atoms with E-state index in [1.54, 1.807) is 12.4 Å². The van der Waals surface area contributed by atoms with Crippen LogP contribution in [0.1, 0.15) is 129 Å². The zero-order valence-electron chi connectivity index (χ0n) is 19.9. The second-order valence-electron chi connectivity index (χ2n) is 9.05. The molecule has 1 aromatic rings. The summed E-state index contributed by atoms with van der Waals surface area (Å²) in [5.41, 5.74) is 0.947. The van der Waals surface area contributed by atoms with Gasteiger partial charge < -0.3 is 4.74 Å². The number of esters is 1. The van der Waals surface area contributed by atoms with Gasteiger partial charge in [0.15, 0.2) is 0 Å². The Morgan fingerprint density at radius 2 is 1.43 bits per heavy atom. The molecule has 30 heavy (non-hydrogen) atoms. The van der Waals surface area contributed by atoms with Crippen molar-refractivity contribution in [3.8, 4) is 0 Å². The zero-order valence-corrected chi connectivity index (χ0v) is 19.9. The average molecular weight is 418 g/mol. The van der Waals surface area contributed by atoms with E-state index in [1.807, 2.05) is 12.1 Å². The fourth-order valence-corrected chi connectivity index (χ4v) is 4.06. The van der Waals surface area contributed by atoms with Crippen LogP contribution < -0.4 is 0 Å². The lowest BCUT2D eigenvalue weighted by Crippen LogP contribution is -2.04. The number of carbonyl (C=O) groups is 1. The van der Waals surface area contributed by atoms with Crippen molar-refractivity contribution in [3.05, 3.63) is 30.1 Å². The highest BCUT2D eigenvalue weighted by Crippen LogP contribution is 2.17. The molecular formula is C27H47NO2. The summed E-state index contributed by atoms with van der Waals surface area (Å²) in [5.74, 6) is 0.843. The summed E-state index contributed by atoms with van der Waals surface area (Å²) < 4.78 is 5.28. The molecule has 0 saturated heterocycles. The molecule has 0 aliphatic heterocycles. The molecular weight excluding hydrogens is 370 g/mol. The number of ether oxygens (including phenoxy) is 1. The quantitative estimate of drug-likeness (QED) is 0.158. The Morgan fingerprint density at radius 3 is 1.97 bits per heavy atom. The molecule has 3 nitrogen and oxygen atoms in total. The minimum Gasteiger partial charge on any atom is -0.461 e. The molecule has 0 aromatic carbocycles. The van der Waals surface area contributed by atoms with Crippen LogP contribution in [-0.2, 0) is 16.1 Å². The normalized spacial score (nSPS) is 12.1. The number of pyridine rings is 1. The lowest BCUT2D eigenvalue weighted by molar-refractivity contribution is -0.145. The van der Waals surface area contributed by atoms with Gasteiger partial charge >= 0.3 is 5.97 Å². The maximum absolute atomic E-state index is 11.7. The third kappa shape index (κ3) is 16.4. The van der Waals surface area contributed by atoms with E-state index in [-0.39, 0.29) is 5.97 Å². The van der Waals surface area contributed by atoms with Gasteiger partial charge in [-0.15, -0.1) is 0 Å². The third-order valence-corrected chi connectivity index (χ3v) is 5.98. The molecule has 172 valence electrons. The number of nitrogens with zero attached hydrogens (tertiary/aromatic N) is 1. The molecule has 1 atom stereocenters. The number of rotatable bonds is 20. The first-order valence-electron chi connectivity index (χ1n) is 12.8. The SMILES string of the molecule is CCCC(C)CCCCCCCCCCCCCCCC(=O)OCc1cccnc1. The number of aromatic nitrogens is 1. The molecule has 0 radical (unpaired) electrons. The lowest BCUT2D eigenvalue weighted by atomic mass is 9.98. The molecule has 0 bridgehead atoms. The highest BCUT2D eigenvalue weighted by molar-refractivity contribution is 5.69. The first-order valence-corrected chi connectivity index (χ1v) is 12.8. The number of hydrogen-bond acceptors (Lipinski definition) is 3. The molecule has 1 unspecified atom stereocenters. The van der Waals surface area contributed by atoms with Crippen molar-refractivity contribution in [1.82, 2.24) is 4.98 Å². The van der Waals surface area contributed by atoms with Crippen LogP contribution in [0.2, 0.25) is 0 Å². The van der Waals surface area contributed by atoms with E-state index < -0.39 is 0 Å². The summed E-state index contributed by atoms with van der Waals surface area (Å²) in [6.07, 6.45) is 25.5. The van der Waals surface area contributed by atoms with Crippen molar-refractivity contribution >= 4 is 5.97 Å². The van der Waals surface area contributed by atoms with E-state index in [2.05, 4.69) is 18.8 Å². The van der Waals surface area contributed by atoms with Gasteiger partial charge in [-0.1, -0.05) is 116 Å². The summed E-state index contributed by atoms with van der Waals surface area (Å²) in [5, 5.41) is 0. The molecule has 1 aromatic heterocycles. The smallest absolute Gasteiger partial charge is 0.306 e. The molecule has 1 heterocycles. The van der Waals surface area contributed by atoms with E-state index in [9.17, 15) is 4.79 Å². The van der Waals surface area contributed by atoms with Crippen LogP contribution in [0.15, 0.2) is 24.5 Å². The summed E-state index contributed by atoms with van der Waals surface area (Å²) in [6.45, 7) is 5.04. The van der Waals surface area contributed by atoms with Crippen molar-refractivity contribution in [1.29, 1.82) is 0 Å². The Kier molecular flexibility index (Phi) is 17.4. The standard InChI is InChI=1S/C27H47NO2/c1-3-18-25(2)19-15-13-11-9-7-5-4-6-8-10-12-14-16-21-27(29)30-24-26-20-17-22-28-23-26/h17,20,22-23,25H,3-16,18-19,21,24H2,1-2H3. The van der Waals surface area contributed by atoms with Crippen molar-refractivity contribution < 1.29 is 9.53 Å². The van der Waals surface area contributed by atoms with Crippen molar-refractivity contribution in [2.24, 2.45) is 5.92 Å². The largest absolute Gasteiger partial charge is 0.461 e. The zero-order chi connectivity index (χ0) is 21.7. The summed E-state index contributed by atoms with van der Waals surface area (Å²) in [4.78, 5) is 15.8. The molecule has 0 spiro atoms. The summed E-state index contributed by atoms with van der Waals surface area (Å²) >= 11 is 0. The number of hydrogen-bond donors (Lipinski definition) is 0. The van der Waals surface area contributed by atoms with Crippen molar-refractivity contribution in [3.63, 3.8) is 0 Å². The average Bonchev–Trinajstić information content (AvgIpc) is 2.76. The lowest BCUT2D eigenvalue weighted by Gasteiger charge is -2.09. The van der Waals surface area contributed by atoms with Crippen LogP contribution >= 0.6 is 0 Å². The Labute approximate surface area is 186 Å². The topological polar surface area (TPSA) is 39.2 Å². The second kappa shape index (κ2) is 19.6. The molecule has 0 amide bonds. The first-order chi connectivity index (χ1) is 14.7. The van der Waals surface area contributed by atoms with E-state index in [0.717, 1.165) is 24.3 Å². The summed E-state index contributed by atoms with van der Waals surface area (Å²) in [7, 11) is 0. The Bertz CT molecular complexity index is 503. The van der Waals surface area contributed by atoms with Gasteiger partial charge in [0.25, 0.3) is 0 Å². The predicted molar refractivity (Wildman–Crippen MR) is 127 cm³/mol. The molecule has 0 aliphatic carbocycles. The van der Waals surface area contributed by atoms with Gasteiger partial charge in [0, 0.05) is 24.4 Å². The Morgan fingerprint density at radius 1 is 0.867 bits per heavy atom. The van der Waals surface area contributed by atoms with Crippen molar-refractivity contribution in [2.75, 3.05) is 0 Å². The fourth-order valence-electron chi connectivity index (χ4n) is 4.06. The van der Waals surface area contributed by atoms with Crippen LogP contribution in [-0.4, -0.2) is 11.0 Å². The van der Waals surface area contributed by atoms with E-state index in [4.69, 9.17) is 4.74 Å². The Hall–Kier alpha value is -1.38. The maximum atomic E-state index is 11.7. The predicted octanol–water partition coefficient (Wildman–Crippen LogP) is 8.41. The summed E-state index contributed by atoms with van der Waals surface area (Å²) in [6, 6.07) is 3.79. The van der Waals surface area contributed by atoms with Crippen LogP contribution in [0, 0.1) is 5.92 Å². The highest BCUT2D eigenvalue weighted by Gasteiger charge is 2.03. The minimum absolute atomic E-state index is 0.0886. The maximum Gasteiger partial charge on any atom is 0.306 e. The van der Waals surface area contributed by atoms with E-state index >= 15 is 0 Å². The highest BCUT2D eigenvalue weighted by atomic mass is 16.5. The monoisotopic (exact) mass is 417 g/mol. The number of unbranched alkanes of at least 4 members (excludes halogenated alkanes) is 12. The third-order valence-electron chi connectivity index (χ3n) is 5.98. The number of carbonyl (C=O) groups excluding carboxylic acids is 1. The van der Waals surface area contributed by atoms with Crippen LogP contribution in [0.5, 0.6) is 0 Å². The molecule has 0 fully saturated rings. The van der Waals surface area contributed by atoms with Crippen LogP contribution in [0.4, 0.5) is 0 Å². The van der Waals surface area contributed by atoms with E-state index in [0.29, 0.717) is 13.0 Å². The van der Waals surface area contributed by atoms with Gasteiger partial charge in [-0.05, 0) is 18.4 Å². The van der Waals surface area contributed by atoms with Crippen LogP contribution in [0.3, 0.4) is 0 Å². The van der Waals surface area contributed by atoms with Gasteiger partial charge in [-0.25, -0.2) is 0 Å². The molecule has 1 rings (SSSR count). The molecule has 3 heteroatoms. The van der Waals surface area contributed by atoms with E-state index in [1.165, 1.54) is 89.9 Å². The van der Waals surface area contributed by atoms with Gasteiger partial charge in [0.2, 0.25) is 0 Å². The Balaban J connectivity index is 1.76. The van der Waals surface area contributed by atoms with Crippen LogP contribution in [0.25, 0.3) is 0 Å². The van der Waals surface area contributed by atoms with Gasteiger partial charge in [0.05, 0.1) is 0 Å².